The summed E-state index contributed by atoms with van der Waals surface area (Å²) in [6.07, 6.45) is 3.16. The van der Waals surface area contributed by atoms with E-state index in [0.717, 1.165) is 25.7 Å². The zero-order chi connectivity index (χ0) is 14.5. The molecule has 5 heteroatoms. The normalized spacial score (nSPS) is 22.4. The SMILES string of the molecule is COc1ccc(CC(=O)N[C@H]2CCCC[C@@H]2O)cc1F. The molecular weight excluding hydrogens is 261 g/mol. The number of aliphatic hydroxyl groups excluding tert-OH is 1. The van der Waals surface area contributed by atoms with Crippen LogP contribution in [0.3, 0.4) is 0 Å². The van der Waals surface area contributed by atoms with Gasteiger partial charge < -0.3 is 15.2 Å². The van der Waals surface area contributed by atoms with Gasteiger partial charge in [0.25, 0.3) is 0 Å². The Morgan fingerprint density at radius 2 is 2.20 bits per heavy atom. The van der Waals surface area contributed by atoms with Gasteiger partial charge in [-0.1, -0.05) is 18.9 Å². The molecule has 2 atom stereocenters. The first-order chi connectivity index (χ1) is 9.60. The molecule has 2 N–H and O–H groups in total. The summed E-state index contributed by atoms with van der Waals surface area (Å²) in [6, 6.07) is 4.29. The maximum absolute atomic E-state index is 13.5. The van der Waals surface area contributed by atoms with Crippen molar-refractivity contribution >= 4 is 5.91 Å². The van der Waals surface area contributed by atoms with E-state index in [1.807, 2.05) is 0 Å². The van der Waals surface area contributed by atoms with Gasteiger partial charge in [0.05, 0.1) is 25.7 Å². The van der Waals surface area contributed by atoms with E-state index in [1.54, 1.807) is 6.07 Å². The number of ether oxygens (including phenoxy) is 1. The average molecular weight is 281 g/mol. The maximum atomic E-state index is 13.5. The predicted octanol–water partition coefficient (Wildman–Crippen LogP) is 1.80. The van der Waals surface area contributed by atoms with Gasteiger partial charge in [-0.3, -0.25) is 4.79 Å². The van der Waals surface area contributed by atoms with Crippen molar-refractivity contribution in [1.82, 2.24) is 5.32 Å². The van der Waals surface area contributed by atoms with Crippen molar-refractivity contribution in [2.24, 2.45) is 0 Å². The van der Waals surface area contributed by atoms with Gasteiger partial charge in [-0.2, -0.15) is 0 Å². The van der Waals surface area contributed by atoms with Gasteiger partial charge in [-0.25, -0.2) is 4.39 Å². The summed E-state index contributed by atoms with van der Waals surface area (Å²) < 4.78 is 18.4. The Balaban J connectivity index is 1.92. The number of nitrogens with one attached hydrogen (secondary N) is 1. The highest BCUT2D eigenvalue weighted by atomic mass is 19.1. The van der Waals surface area contributed by atoms with Crippen molar-refractivity contribution in [1.29, 1.82) is 0 Å². The van der Waals surface area contributed by atoms with E-state index in [-0.39, 0.29) is 24.1 Å². The molecule has 1 aliphatic rings. The summed E-state index contributed by atoms with van der Waals surface area (Å²) in [7, 11) is 1.40. The summed E-state index contributed by atoms with van der Waals surface area (Å²) in [4.78, 5) is 11.9. The maximum Gasteiger partial charge on any atom is 0.224 e. The van der Waals surface area contributed by atoms with Crippen LogP contribution in [0.2, 0.25) is 0 Å². The lowest BCUT2D eigenvalue weighted by Gasteiger charge is -2.28. The monoisotopic (exact) mass is 281 g/mol. The van der Waals surface area contributed by atoms with Crippen molar-refractivity contribution in [2.45, 2.75) is 44.2 Å². The number of hydrogen-bond acceptors (Lipinski definition) is 3. The van der Waals surface area contributed by atoms with Gasteiger partial charge in [0.2, 0.25) is 5.91 Å². The smallest absolute Gasteiger partial charge is 0.224 e. The number of methoxy groups -OCH3 is 1. The highest BCUT2D eigenvalue weighted by Crippen LogP contribution is 2.20. The van der Waals surface area contributed by atoms with E-state index < -0.39 is 11.9 Å². The first-order valence-electron chi connectivity index (χ1n) is 6.90. The van der Waals surface area contributed by atoms with E-state index in [9.17, 15) is 14.3 Å². The Morgan fingerprint density at radius 3 is 2.85 bits per heavy atom. The molecule has 4 nitrogen and oxygen atoms in total. The summed E-state index contributed by atoms with van der Waals surface area (Å²) in [5, 5.41) is 12.6. The van der Waals surface area contributed by atoms with Crippen molar-refractivity contribution < 1.29 is 19.0 Å². The fourth-order valence-corrected chi connectivity index (χ4v) is 2.54. The fourth-order valence-electron chi connectivity index (χ4n) is 2.54. The lowest BCUT2D eigenvalue weighted by atomic mass is 9.92. The second-order valence-corrected chi connectivity index (χ2v) is 5.17. The molecule has 0 unspecified atom stereocenters. The van der Waals surface area contributed by atoms with Gasteiger partial charge in [-0.15, -0.1) is 0 Å². The van der Waals surface area contributed by atoms with E-state index in [2.05, 4.69) is 5.32 Å². The number of halogens is 1. The zero-order valence-electron chi connectivity index (χ0n) is 11.6. The summed E-state index contributed by atoms with van der Waals surface area (Å²) in [5.41, 5.74) is 0.589. The van der Waals surface area contributed by atoms with Crippen LogP contribution < -0.4 is 10.1 Å². The van der Waals surface area contributed by atoms with Crippen LogP contribution in [0.15, 0.2) is 18.2 Å². The lowest BCUT2D eigenvalue weighted by Crippen LogP contribution is -2.45. The summed E-state index contributed by atoms with van der Waals surface area (Å²) in [5.74, 6) is -0.507. The molecular formula is C15H20FNO3. The third-order valence-electron chi connectivity index (χ3n) is 3.66. The minimum atomic E-state index is -0.476. The molecule has 110 valence electrons. The Labute approximate surface area is 117 Å². The van der Waals surface area contributed by atoms with Crippen molar-refractivity contribution in [3.05, 3.63) is 29.6 Å². The third-order valence-corrected chi connectivity index (χ3v) is 3.66. The van der Waals surface area contributed by atoms with Gasteiger partial charge in [0.1, 0.15) is 0 Å². The molecule has 0 aliphatic heterocycles. The molecule has 0 heterocycles. The van der Waals surface area contributed by atoms with E-state index >= 15 is 0 Å². The van der Waals surface area contributed by atoms with Crippen LogP contribution >= 0.6 is 0 Å². The van der Waals surface area contributed by atoms with E-state index in [0.29, 0.717) is 5.56 Å². The Kier molecular flexibility index (Phi) is 4.95. The van der Waals surface area contributed by atoms with E-state index in [4.69, 9.17) is 4.74 Å². The number of hydrogen-bond donors (Lipinski definition) is 2. The van der Waals surface area contributed by atoms with Crippen LogP contribution in [-0.4, -0.2) is 30.3 Å². The highest BCUT2D eigenvalue weighted by Gasteiger charge is 2.24. The number of amides is 1. The number of aliphatic hydroxyl groups is 1. The van der Waals surface area contributed by atoms with Crippen molar-refractivity contribution in [2.75, 3.05) is 7.11 Å². The minimum absolute atomic E-state index is 0.101. The largest absolute Gasteiger partial charge is 0.494 e. The number of benzene rings is 1. The predicted molar refractivity (Wildman–Crippen MR) is 73.1 cm³/mol. The highest BCUT2D eigenvalue weighted by molar-refractivity contribution is 5.79. The van der Waals surface area contributed by atoms with Gasteiger partial charge in [0.15, 0.2) is 11.6 Å². The zero-order valence-corrected chi connectivity index (χ0v) is 11.6. The number of carbonyl (C=O) groups is 1. The first kappa shape index (κ1) is 14.8. The molecule has 20 heavy (non-hydrogen) atoms. The number of rotatable bonds is 4. The van der Waals surface area contributed by atoms with Crippen LogP contribution in [-0.2, 0) is 11.2 Å². The van der Waals surface area contributed by atoms with Gasteiger partial charge >= 0.3 is 0 Å². The Bertz CT molecular complexity index is 478. The molecule has 1 saturated carbocycles. The van der Waals surface area contributed by atoms with Crippen LogP contribution in [0.25, 0.3) is 0 Å². The Hall–Kier alpha value is -1.62. The third kappa shape index (κ3) is 3.70. The molecule has 0 radical (unpaired) electrons. The number of carbonyl (C=O) groups excluding carboxylic acids is 1. The first-order valence-corrected chi connectivity index (χ1v) is 6.90. The molecule has 2 rings (SSSR count). The quantitative estimate of drug-likeness (QED) is 0.884. The van der Waals surface area contributed by atoms with Crippen LogP contribution in [0.5, 0.6) is 5.75 Å². The molecule has 1 fully saturated rings. The minimum Gasteiger partial charge on any atom is -0.494 e. The molecule has 1 aliphatic carbocycles. The molecule has 0 bridgehead atoms. The lowest BCUT2D eigenvalue weighted by molar-refractivity contribution is -0.122. The molecule has 1 amide bonds. The summed E-state index contributed by atoms with van der Waals surface area (Å²) >= 11 is 0. The van der Waals surface area contributed by atoms with Crippen molar-refractivity contribution in [3.8, 4) is 5.75 Å². The van der Waals surface area contributed by atoms with Gasteiger partial charge in [-0.05, 0) is 30.5 Å². The standard InChI is InChI=1S/C15H20FNO3/c1-20-14-7-6-10(8-11(14)16)9-15(19)17-12-4-2-3-5-13(12)18/h6-8,12-13,18H,2-5,9H2,1H3,(H,17,19)/t12-,13-/m0/s1. The molecule has 0 saturated heterocycles. The molecule has 1 aromatic rings. The second-order valence-electron chi connectivity index (χ2n) is 5.17. The molecule has 1 aromatic carbocycles. The molecule has 0 aromatic heterocycles. The fraction of sp³-hybridized carbons (Fsp3) is 0.533. The topological polar surface area (TPSA) is 58.6 Å². The van der Waals surface area contributed by atoms with Crippen molar-refractivity contribution in [3.63, 3.8) is 0 Å². The van der Waals surface area contributed by atoms with E-state index in [1.165, 1.54) is 19.2 Å². The Morgan fingerprint density at radius 1 is 1.45 bits per heavy atom. The van der Waals surface area contributed by atoms with Crippen LogP contribution in [0.4, 0.5) is 4.39 Å². The summed E-state index contributed by atoms with van der Waals surface area (Å²) in [6.45, 7) is 0. The average Bonchev–Trinajstić information content (AvgIpc) is 2.41. The van der Waals surface area contributed by atoms with Gasteiger partial charge in [0, 0.05) is 0 Å². The molecule has 0 spiro atoms. The van der Waals surface area contributed by atoms with Crippen LogP contribution in [0, 0.1) is 5.82 Å². The van der Waals surface area contributed by atoms with Crippen LogP contribution in [0.1, 0.15) is 31.2 Å². The second kappa shape index (κ2) is 6.70.